The first-order chi connectivity index (χ1) is 13.9. The lowest BCUT2D eigenvalue weighted by molar-refractivity contribution is -0.188. The lowest BCUT2D eigenvalue weighted by atomic mass is 9.38. The molecule has 3 heteroatoms. The molecule has 4 saturated carbocycles. The van der Waals surface area contributed by atoms with Gasteiger partial charge in [0.05, 0.1) is 0 Å². The van der Waals surface area contributed by atoms with Crippen molar-refractivity contribution in [3.05, 3.63) is 11.6 Å². The normalized spacial score (nSPS) is 61.0. The Kier molecular flexibility index (Phi) is 3.43. The van der Waals surface area contributed by atoms with Crippen molar-refractivity contribution in [1.29, 1.82) is 0 Å². The molecule has 0 aromatic rings. The van der Waals surface area contributed by atoms with Crippen molar-refractivity contribution in [2.24, 2.45) is 51.2 Å². The number of carbonyl (C=O) groups is 2. The molecule has 5 aliphatic carbocycles. The minimum atomic E-state index is -0.264. The van der Waals surface area contributed by atoms with Gasteiger partial charge in [-0.1, -0.05) is 47.1 Å². The van der Waals surface area contributed by atoms with E-state index in [2.05, 4.69) is 47.6 Å². The number of hydrogen-bond acceptors (Lipinski definition) is 3. The van der Waals surface area contributed by atoms with E-state index < -0.39 is 0 Å². The van der Waals surface area contributed by atoms with Crippen molar-refractivity contribution in [2.75, 3.05) is 0 Å². The van der Waals surface area contributed by atoms with Crippen LogP contribution in [0.3, 0.4) is 0 Å². The first kappa shape index (κ1) is 19.6. The Hall–Kier alpha value is -1.12. The van der Waals surface area contributed by atoms with E-state index in [1.807, 2.05) is 0 Å². The molecule has 0 amide bonds. The summed E-state index contributed by atoms with van der Waals surface area (Å²) in [7, 11) is 0. The van der Waals surface area contributed by atoms with Crippen molar-refractivity contribution >= 4 is 11.8 Å². The van der Waals surface area contributed by atoms with Crippen molar-refractivity contribution in [1.82, 2.24) is 0 Å². The molecule has 164 valence electrons. The zero-order valence-electron chi connectivity index (χ0n) is 19.6. The van der Waals surface area contributed by atoms with Gasteiger partial charge < -0.3 is 4.74 Å². The number of fused-ring (bicyclic) bond motifs is 9. The predicted octanol–water partition coefficient (Wildman–Crippen LogP) is 5.72. The maximum atomic E-state index is 12.4. The highest BCUT2D eigenvalue weighted by Crippen LogP contribution is 2.84. The number of esters is 1. The molecule has 0 unspecified atom stereocenters. The van der Waals surface area contributed by atoms with Crippen LogP contribution in [0, 0.1) is 51.2 Å². The fourth-order valence-electron chi connectivity index (χ4n) is 10.5. The molecule has 0 N–H and O–H groups in total. The summed E-state index contributed by atoms with van der Waals surface area (Å²) < 4.78 is 6.30. The molecule has 0 radical (unpaired) electrons. The van der Waals surface area contributed by atoms with Gasteiger partial charge in [-0.05, 0) is 84.0 Å². The lowest BCUT2D eigenvalue weighted by Gasteiger charge is -2.66. The number of carbonyl (C=O) groups excluding carboxylic acids is 2. The molecular formula is C27H38O3. The summed E-state index contributed by atoms with van der Waals surface area (Å²) in [5.41, 5.74) is 1.86. The van der Waals surface area contributed by atoms with Gasteiger partial charge in [-0.3, -0.25) is 9.59 Å². The van der Waals surface area contributed by atoms with Crippen LogP contribution in [-0.2, 0) is 14.3 Å². The van der Waals surface area contributed by atoms with E-state index in [9.17, 15) is 9.59 Å². The highest BCUT2D eigenvalue weighted by atomic mass is 16.6. The molecule has 0 aromatic heterocycles. The van der Waals surface area contributed by atoms with Crippen LogP contribution in [0.4, 0.5) is 0 Å². The van der Waals surface area contributed by atoms with E-state index in [0.29, 0.717) is 48.2 Å². The number of ketones is 1. The minimum Gasteiger partial charge on any atom is -0.458 e. The molecule has 6 aliphatic rings. The lowest BCUT2D eigenvalue weighted by Crippen LogP contribution is -2.61. The first-order valence-electron chi connectivity index (χ1n) is 12.4. The van der Waals surface area contributed by atoms with Gasteiger partial charge in [0.2, 0.25) is 0 Å². The molecular weight excluding hydrogens is 372 g/mol. The quantitative estimate of drug-likeness (QED) is 0.480. The summed E-state index contributed by atoms with van der Waals surface area (Å²) in [5, 5.41) is 0. The Balaban J connectivity index is 1.52. The van der Waals surface area contributed by atoms with Crippen LogP contribution in [0.25, 0.3) is 0 Å². The monoisotopic (exact) mass is 410 g/mol. The van der Waals surface area contributed by atoms with Gasteiger partial charge >= 0.3 is 5.97 Å². The van der Waals surface area contributed by atoms with E-state index >= 15 is 0 Å². The second-order valence-electron chi connectivity index (χ2n) is 13.0. The zero-order chi connectivity index (χ0) is 21.5. The summed E-state index contributed by atoms with van der Waals surface area (Å²) in [6.07, 6.45) is 8.87. The average Bonchev–Trinajstić information content (AvgIpc) is 3.16. The van der Waals surface area contributed by atoms with E-state index in [-0.39, 0.29) is 33.2 Å². The van der Waals surface area contributed by atoms with Crippen LogP contribution < -0.4 is 0 Å². The van der Waals surface area contributed by atoms with Crippen LogP contribution in [0.5, 0.6) is 0 Å². The molecule has 1 spiro atoms. The molecule has 5 fully saturated rings. The smallest absolute Gasteiger partial charge is 0.306 e. The maximum absolute atomic E-state index is 12.4. The fraction of sp³-hybridized carbons (Fsp3) is 0.852. The number of rotatable bonds is 0. The van der Waals surface area contributed by atoms with Crippen LogP contribution in [0.2, 0.25) is 0 Å². The van der Waals surface area contributed by atoms with Crippen LogP contribution in [-0.4, -0.2) is 17.4 Å². The van der Waals surface area contributed by atoms with E-state index in [1.165, 1.54) is 18.4 Å². The van der Waals surface area contributed by atoms with Gasteiger partial charge in [0.25, 0.3) is 0 Å². The molecule has 1 heterocycles. The molecule has 6 rings (SSSR count). The van der Waals surface area contributed by atoms with E-state index in [1.54, 1.807) is 0 Å². The largest absolute Gasteiger partial charge is 0.458 e. The molecule has 3 nitrogen and oxygen atoms in total. The third-order valence-electron chi connectivity index (χ3n) is 12.5. The summed E-state index contributed by atoms with van der Waals surface area (Å²) in [5.74, 6) is 3.29. The third kappa shape index (κ3) is 1.80. The number of allylic oxidation sites excluding steroid dienone is 1. The van der Waals surface area contributed by atoms with Crippen molar-refractivity contribution in [2.45, 2.75) is 92.1 Å². The Morgan fingerprint density at radius 3 is 2.27 bits per heavy atom. The van der Waals surface area contributed by atoms with Crippen LogP contribution in [0.1, 0.15) is 86.5 Å². The Morgan fingerprint density at radius 2 is 1.60 bits per heavy atom. The highest BCUT2D eigenvalue weighted by Gasteiger charge is 2.80. The molecule has 0 aromatic carbocycles. The molecule has 0 bridgehead atoms. The Labute approximate surface area is 181 Å². The van der Waals surface area contributed by atoms with Crippen LogP contribution >= 0.6 is 0 Å². The van der Waals surface area contributed by atoms with Gasteiger partial charge in [0.15, 0.2) is 5.78 Å². The Morgan fingerprint density at radius 1 is 0.900 bits per heavy atom. The van der Waals surface area contributed by atoms with Crippen molar-refractivity contribution in [3.63, 3.8) is 0 Å². The van der Waals surface area contributed by atoms with E-state index in [4.69, 9.17) is 4.74 Å². The minimum absolute atomic E-state index is 0.0205. The summed E-state index contributed by atoms with van der Waals surface area (Å²) >= 11 is 0. The summed E-state index contributed by atoms with van der Waals surface area (Å²) in [6, 6.07) is 0. The summed E-state index contributed by atoms with van der Waals surface area (Å²) in [4.78, 5) is 24.8. The SMILES string of the molecule is C[C@H]1[C@H]2[C@@H]3[C@H]4C[C@@]4(C)C4=CC(=O)CC[C@]4(C)[C@@]3(C)CC[C@]2(C)[C@]2(CCC(=O)O2)[C@H]1C. The third-order valence-corrected chi connectivity index (χ3v) is 12.5. The average molecular weight is 411 g/mol. The zero-order valence-corrected chi connectivity index (χ0v) is 19.6. The fourth-order valence-corrected chi connectivity index (χ4v) is 10.5. The summed E-state index contributed by atoms with van der Waals surface area (Å²) in [6.45, 7) is 14.8. The molecule has 1 aliphatic heterocycles. The van der Waals surface area contributed by atoms with Crippen molar-refractivity contribution in [3.8, 4) is 0 Å². The van der Waals surface area contributed by atoms with Gasteiger partial charge in [-0.15, -0.1) is 0 Å². The predicted molar refractivity (Wildman–Crippen MR) is 115 cm³/mol. The first-order valence-corrected chi connectivity index (χ1v) is 12.4. The van der Waals surface area contributed by atoms with E-state index in [0.717, 1.165) is 19.3 Å². The molecule has 1 saturated heterocycles. The van der Waals surface area contributed by atoms with Gasteiger partial charge in [0.1, 0.15) is 5.60 Å². The van der Waals surface area contributed by atoms with Gasteiger partial charge in [-0.2, -0.15) is 0 Å². The van der Waals surface area contributed by atoms with Crippen molar-refractivity contribution < 1.29 is 14.3 Å². The topological polar surface area (TPSA) is 43.4 Å². The van der Waals surface area contributed by atoms with Crippen LogP contribution in [0.15, 0.2) is 11.6 Å². The highest BCUT2D eigenvalue weighted by molar-refractivity contribution is 5.92. The standard InChI is InChI=1S/C27H38O3/c1-15-16(2)27(10-8-20(29)30-27)26(6)12-11-25(5)22(21(15)26)18-14-23(18,3)19-13-17(28)7-9-24(19,25)4/h13,15-16,18,21-22H,7-12,14H2,1-6H3/t15-,16+,18-,21+,22+,23-,24+,25+,26+,27+/m1/s1. The van der Waals surface area contributed by atoms with Gasteiger partial charge in [0, 0.05) is 18.3 Å². The maximum Gasteiger partial charge on any atom is 0.306 e. The second kappa shape index (κ2) is 5.26. The molecule has 30 heavy (non-hydrogen) atoms. The molecule has 10 atom stereocenters. The second-order valence-corrected chi connectivity index (χ2v) is 13.0. The number of hydrogen-bond donors (Lipinski definition) is 0. The van der Waals surface area contributed by atoms with Gasteiger partial charge in [-0.25, -0.2) is 0 Å². The Bertz CT molecular complexity index is 904. The number of ether oxygens (including phenoxy) is 1.